The van der Waals surface area contributed by atoms with Gasteiger partial charge >= 0.3 is 0 Å². The van der Waals surface area contributed by atoms with Gasteiger partial charge in [0.15, 0.2) is 11.8 Å². The molecule has 2 N–H and O–H groups in total. The Hall–Kier alpha value is -3.93. The lowest BCUT2D eigenvalue weighted by molar-refractivity contribution is -0.123. The molecule has 0 bridgehead atoms. The van der Waals surface area contributed by atoms with Crippen molar-refractivity contribution in [2.45, 2.75) is 59.1 Å². The number of nitrogens with zero attached hydrogens (tertiary/aromatic N) is 4. The van der Waals surface area contributed by atoms with Crippen LogP contribution in [0.15, 0.2) is 24.4 Å². The summed E-state index contributed by atoms with van der Waals surface area (Å²) < 4.78 is 7.46. The summed E-state index contributed by atoms with van der Waals surface area (Å²) in [6, 6.07) is 7.40. The van der Waals surface area contributed by atoms with Gasteiger partial charge in [0.2, 0.25) is 5.91 Å². The van der Waals surface area contributed by atoms with Crippen LogP contribution in [0.25, 0.3) is 5.65 Å². The first kappa shape index (κ1) is 22.3. The highest BCUT2D eigenvalue weighted by Crippen LogP contribution is 2.33. The van der Waals surface area contributed by atoms with Crippen LogP contribution in [-0.2, 0) is 16.0 Å². The Morgan fingerprint density at radius 1 is 1.39 bits per heavy atom. The van der Waals surface area contributed by atoms with E-state index in [-0.39, 0.29) is 17.9 Å². The van der Waals surface area contributed by atoms with E-state index in [1.807, 2.05) is 39.8 Å². The molecule has 170 valence electrons. The number of benzene rings is 1. The van der Waals surface area contributed by atoms with Crippen LogP contribution >= 0.6 is 0 Å². The second kappa shape index (κ2) is 8.90. The molecular weight excluding hydrogens is 420 g/mol. The van der Waals surface area contributed by atoms with Crippen LogP contribution in [0.5, 0.6) is 5.75 Å². The van der Waals surface area contributed by atoms with Gasteiger partial charge in [0.1, 0.15) is 17.4 Å². The molecule has 4 rings (SSSR count). The number of aromatic nitrogens is 3. The molecule has 0 saturated carbocycles. The second-order valence-electron chi connectivity index (χ2n) is 8.22. The molecule has 1 aliphatic heterocycles. The first-order chi connectivity index (χ1) is 15.8. The van der Waals surface area contributed by atoms with Crippen molar-refractivity contribution in [2.24, 2.45) is 0 Å². The molecule has 3 aromatic rings. The van der Waals surface area contributed by atoms with E-state index in [1.165, 1.54) is 6.20 Å². The van der Waals surface area contributed by atoms with E-state index in [2.05, 4.69) is 26.8 Å². The van der Waals surface area contributed by atoms with Crippen LogP contribution in [0.2, 0.25) is 0 Å². The molecular formula is C24H26N6O3. The Morgan fingerprint density at radius 3 is 2.91 bits per heavy atom. The van der Waals surface area contributed by atoms with Gasteiger partial charge in [-0.1, -0.05) is 13.0 Å². The predicted octanol–water partition coefficient (Wildman–Crippen LogP) is 3.14. The molecule has 33 heavy (non-hydrogen) atoms. The minimum absolute atomic E-state index is 0.0852. The number of hydrogen-bond donors (Lipinski definition) is 2. The van der Waals surface area contributed by atoms with E-state index < -0.39 is 6.10 Å². The number of nitrogens with one attached hydrogen (secondary N) is 2. The predicted molar refractivity (Wildman–Crippen MR) is 122 cm³/mol. The van der Waals surface area contributed by atoms with E-state index in [9.17, 15) is 14.9 Å². The van der Waals surface area contributed by atoms with Crippen molar-refractivity contribution in [3.05, 3.63) is 52.5 Å². The fraction of sp³-hybridized carbons (Fsp3) is 0.375. The summed E-state index contributed by atoms with van der Waals surface area (Å²) in [5.74, 6) is 0.385. The second-order valence-corrected chi connectivity index (χ2v) is 8.22. The lowest BCUT2D eigenvalue weighted by Crippen LogP contribution is -2.36. The molecule has 1 aromatic carbocycles. The number of rotatable bonds is 6. The monoisotopic (exact) mass is 446 g/mol. The largest absolute Gasteiger partial charge is 0.478 e. The number of fused-ring (bicyclic) bond motifs is 2. The fourth-order valence-electron chi connectivity index (χ4n) is 4.08. The van der Waals surface area contributed by atoms with Gasteiger partial charge in [0, 0.05) is 17.8 Å². The smallest absolute Gasteiger partial charge is 0.265 e. The van der Waals surface area contributed by atoms with Gasteiger partial charge in [0.25, 0.3) is 5.91 Å². The summed E-state index contributed by atoms with van der Waals surface area (Å²) in [5, 5.41) is 19.3. The van der Waals surface area contributed by atoms with Crippen molar-refractivity contribution in [1.29, 1.82) is 5.26 Å². The number of hydrogen-bond acceptors (Lipinski definition) is 6. The third-order valence-electron chi connectivity index (χ3n) is 6.00. The van der Waals surface area contributed by atoms with Gasteiger partial charge in [-0.2, -0.15) is 10.4 Å². The van der Waals surface area contributed by atoms with Gasteiger partial charge in [-0.05, 0) is 56.9 Å². The molecule has 0 fully saturated rings. The van der Waals surface area contributed by atoms with Gasteiger partial charge in [-0.15, -0.1) is 0 Å². The van der Waals surface area contributed by atoms with Crippen molar-refractivity contribution in [3.8, 4) is 11.8 Å². The number of nitriles is 1. The van der Waals surface area contributed by atoms with Crippen LogP contribution < -0.4 is 15.4 Å². The van der Waals surface area contributed by atoms with Crippen molar-refractivity contribution < 1.29 is 14.3 Å². The molecule has 0 radical (unpaired) electrons. The number of aryl methyl sites for hydroxylation is 2. The van der Waals surface area contributed by atoms with E-state index in [4.69, 9.17) is 4.74 Å². The van der Waals surface area contributed by atoms with Crippen LogP contribution in [0, 0.1) is 25.2 Å². The molecule has 3 heterocycles. The number of carbonyl (C=O) groups is 2. The van der Waals surface area contributed by atoms with Crippen molar-refractivity contribution >= 4 is 23.1 Å². The summed E-state index contributed by atoms with van der Waals surface area (Å²) in [7, 11) is 0. The zero-order valence-electron chi connectivity index (χ0n) is 19.1. The van der Waals surface area contributed by atoms with Crippen LogP contribution in [0.3, 0.4) is 0 Å². The maximum atomic E-state index is 12.7. The van der Waals surface area contributed by atoms with E-state index in [0.29, 0.717) is 41.9 Å². The van der Waals surface area contributed by atoms with Crippen LogP contribution in [0.1, 0.15) is 60.8 Å². The molecule has 0 unspecified atom stereocenters. The standard InChI is InChI=1S/C24H26N6O3/c1-5-20-24(32)29-19-8-6-16(10-21(19)33-20)13(2)27-22(31)9-7-18-14(3)28-23-17(11-25)12-26-30(23)15(18)4/h6,8,10,12-13,20H,5,7,9H2,1-4H3,(H,27,31)(H,29,32)/t13-,20-/m1/s1. The molecule has 0 spiro atoms. The lowest BCUT2D eigenvalue weighted by atomic mass is 10.0. The van der Waals surface area contributed by atoms with Gasteiger partial charge in [-0.25, -0.2) is 9.50 Å². The van der Waals surface area contributed by atoms with Crippen LogP contribution in [0.4, 0.5) is 5.69 Å². The quantitative estimate of drug-likeness (QED) is 0.600. The minimum Gasteiger partial charge on any atom is -0.478 e. The third kappa shape index (κ3) is 4.24. The van der Waals surface area contributed by atoms with Gasteiger partial charge in [-0.3, -0.25) is 9.59 Å². The van der Waals surface area contributed by atoms with Gasteiger partial charge in [0.05, 0.1) is 17.9 Å². The Kier molecular flexibility index (Phi) is 6.01. The number of ether oxygens (including phenoxy) is 1. The minimum atomic E-state index is -0.505. The molecule has 0 saturated heterocycles. The summed E-state index contributed by atoms with van der Waals surface area (Å²) >= 11 is 0. The summed E-state index contributed by atoms with van der Waals surface area (Å²) in [5.41, 5.74) is 5.10. The first-order valence-corrected chi connectivity index (χ1v) is 11.0. The molecule has 2 atom stereocenters. The van der Waals surface area contributed by atoms with Gasteiger partial charge < -0.3 is 15.4 Å². The lowest BCUT2D eigenvalue weighted by Gasteiger charge is -2.26. The fourth-order valence-corrected chi connectivity index (χ4v) is 4.08. The zero-order chi connectivity index (χ0) is 23.7. The summed E-state index contributed by atoms with van der Waals surface area (Å²) in [6.45, 7) is 7.61. The third-order valence-corrected chi connectivity index (χ3v) is 6.00. The van der Waals surface area contributed by atoms with Crippen molar-refractivity contribution in [2.75, 3.05) is 5.32 Å². The molecule has 0 aliphatic carbocycles. The van der Waals surface area contributed by atoms with E-state index in [1.54, 1.807) is 10.6 Å². The Morgan fingerprint density at radius 2 is 2.18 bits per heavy atom. The zero-order valence-corrected chi connectivity index (χ0v) is 19.1. The normalized spacial score (nSPS) is 15.8. The maximum Gasteiger partial charge on any atom is 0.265 e. The van der Waals surface area contributed by atoms with Crippen LogP contribution in [-0.4, -0.2) is 32.5 Å². The topological polar surface area (TPSA) is 121 Å². The van der Waals surface area contributed by atoms with Crippen molar-refractivity contribution in [3.63, 3.8) is 0 Å². The Bertz CT molecular complexity index is 1290. The van der Waals surface area contributed by atoms with E-state index in [0.717, 1.165) is 22.5 Å². The number of anilines is 1. The molecule has 2 aromatic heterocycles. The number of amides is 2. The summed E-state index contributed by atoms with van der Waals surface area (Å²) in [4.78, 5) is 29.2. The summed E-state index contributed by atoms with van der Waals surface area (Å²) in [6.07, 6.45) is 2.38. The maximum absolute atomic E-state index is 12.7. The highest BCUT2D eigenvalue weighted by molar-refractivity contribution is 5.97. The number of carbonyl (C=O) groups excluding carboxylic acids is 2. The molecule has 2 amide bonds. The first-order valence-electron chi connectivity index (χ1n) is 11.0. The van der Waals surface area contributed by atoms with E-state index >= 15 is 0 Å². The molecule has 1 aliphatic rings. The SMILES string of the molecule is CC[C@H]1Oc2cc([C@@H](C)NC(=O)CCc3c(C)nc4c(C#N)cnn4c3C)ccc2NC1=O. The Balaban J connectivity index is 1.43. The Labute approximate surface area is 191 Å². The van der Waals surface area contributed by atoms with Crippen molar-refractivity contribution in [1.82, 2.24) is 19.9 Å². The molecule has 9 nitrogen and oxygen atoms in total. The average Bonchev–Trinajstić information content (AvgIpc) is 3.21. The highest BCUT2D eigenvalue weighted by atomic mass is 16.5. The molecule has 9 heteroatoms. The highest BCUT2D eigenvalue weighted by Gasteiger charge is 2.26. The average molecular weight is 447 g/mol.